The molecule has 2 rings (SSSR count). The van der Waals surface area contributed by atoms with Crippen molar-refractivity contribution in [1.29, 1.82) is 0 Å². The number of hydrogen-bond donors (Lipinski definition) is 1. The van der Waals surface area contributed by atoms with E-state index in [0.29, 0.717) is 16.5 Å². The van der Waals surface area contributed by atoms with Crippen LogP contribution in [0, 0.1) is 11.6 Å². The Morgan fingerprint density at radius 2 is 1.89 bits per heavy atom. The Bertz CT molecular complexity index is 575. The Hall–Kier alpha value is -1.81. The Balaban J connectivity index is 2.13. The van der Waals surface area contributed by atoms with E-state index in [4.69, 9.17) is 22.1 Å². The summed E-state index contributed by atoms with van der Waals surface area (Å²) in [6.45, 7) is -0.0450. The summed E-state index contributed by atoms with van der Waals surface area (Å²) >= 11 is 5.79. The Morgan fingerprint density at radius 3 is 2.61 bits per heavy atom. The number of rotatable bonds is 3. The second-order valence-corrected chi connectivity index (χ2v) is 4.14. The minimum absolute atomic E-state index is 0.0450. The maximum atomic E-state index is 13.4. The zero-order valence-electron chi connectivity index (χ0n) is 9.29. The van der Waals surface area contributed by atoms with E-state index in [2.05, 4.69) is 0 Å². The Kier molecular flexibility index (Phi) is 3.67. The lowest BCUT2D eigenvalue weighted by atomic mass is 10.2. The number of ether oxygens (including phenoxy) is 1. The molecule has 18 heavy (non-hydrogen) atoms. The first-order valence-corrected chi connectivity index (χ1v) is 5.56. The van der Waals surface area contributed by atoms with Crippen LogP contribution in [0.25, 0.3) is 0 Å². The van der Waals surface area contributed by atoms with Crippen LogP contribution in [0.2, 0.25) is 5.02 Å². The van der Waals surface area contributed by atoms with Crippen molar-refractivity contribution in [2.45, 2.75) is 6.61 Å². The van der Waals surface area contributed by atoms with Crippen molar-refractivity contribution in [3.05, 3.63) is 58.6 Å². The lowest BCUT2D eigenvalue weighted by Gasteiger charge is -2.09. The second kappa shape index (κ2) is 5.23. The number of nitrogen functional groups attached to an aromatic ring is 1. The molecule has 0 aliphatic carbocycles. The molecule has 2 N–H and O–H groups in total. The highest BCUT2D eigenvalue weighted by molar-refractivity contribution is 6.30. The van der Waals surface area contributed by atoms with E-state index in [1.807, 2.05) is 0 Å². The van der Waals surface area contributed by atoms with Crippen molar-refractivity contribution < 1.29 is 13.5 Å². The third-order valence-electron chi connectivity index (χ3n) is 2.37. The molecule has 0 bridgehead atoms. The maximum absolute atomic E-state index is 13.4. The van der Waals surface area contributed by atoms with E-state index in [1.54, 1.807) is 12.1 Å². The zero-order valence-corrected chi connectivity index (χ0v) is 10.0. The average Bonchev–Trinajstić information content (AvgIpc) is 2.32. The van der Waals surface area contributed by atoms with Crippen molar-refractivity contribution >= 4 is 17.3 Å². The summed E-state index contributed by atoms with van der Waals surface area (Å²) in [4.78, 5) is 0. The highest BCUT2D eigenvalue weighted by atomic mass is 35.5. The maximum Gasteiger partial charge on any atom is 0.144 e. The third-order valence-corrected chi connectivity index (χ3v) is 2.61. The molecule has 0 saturated carbocycles. The fourth-order valence-electron chi connectivity index (χ4n) is 1.43. The van der Waals surface area contributed by atoms with Gasteiger partial charge in [-0.05, 0) is 24.3 Å². The van der Waals surface area contributed by atoms with E-state index in [0.717, 1.165) is 6.07 Å². The van der Waals surface area contributed by atoms with Gasteiger partial charge in [0.15, 0.2) is 0 Å². The van der Waals surface area contributed by atoms with Crippen LogP contribution in [0.4, 0.5) is 14.5 Å². The molecule has 5 heteroatoms. The molecule has 0 amide bonds. The molecular weight excluding hydrogens is 260 g/mol. The standard InChI is InChI=1S/C13H10ClF2NO/c14-9-2-4-12(17)13(5-9)18-7-8-1-3-10(15)6-11(8)16/h1-6H,7,17H2. The van der Waals surface area contributed by atoms with Crippen LogP contribution >= 0.6 is 11.6 Å². The Morgan fingerprint density at radius 1 is 1.11 bits per heavy atom. The molecule has 2 nitrogen and oxygen atoms in total. The number of halogens is 3. The molecule has 0 atom stereocenters. The summed E-state index contributed by atoms with van der Waals surface area (Å²) in [5, 5.41) is 0.471. The van der Waals surface area contributed by atoms with Crippen molar-refractivity contribution in [3.8, 4) is 5.75 Å². The fourth-order valence-corrected chi connectivity index (χ4v) is 1.59. The van der Waals surface area contributed by atoms with Gasteiger partial charge in [0.25, 0.3) is 0 Å². The lowest BCUT2D eigenvalue weighted by Crippen LogP contribution is -2.01. The average molecular weight is 270 g/mol. The smallest absolute Gasteiger partial charge is 0.144 e. The summed E-state index contributed by atoms with van der Waals surface area (Å²) in [6.07, 6.45) is 0. The van der Waals surface area contributed by atoms with Gasteiger partial charge in [0.1, 0.15) is 24.0 Å². The first-order valence-electron chi connectivity index (χ1n) is 5.18. The van der Waals surface area contributed by atoms with Crippen LogP contribution in [0.15, 0.2) is 36.4 Å². The topological polar surface area (TPSA) is 35.2 Å². The lowest BCUT2D eigenvalue weighted by molar-refractivity contribution is 0.301. The third kappa shape index (κ3) is 2.90. The van der Waals surface area contributed by atoms with Gasteiger partial charge in [-0.1, -0.05) is 11.6 Å². The van der Waals surface area contributed by atoms with Crippen LogP contribution in [0.3, 0.4) is 0 Å². The normalized spacial score (nSPS) is 10.4. The van der Waals surface area contributed by atoms with E-state index >= 15 is 0 Å². The molecule has 94 valence electrons. The predicted octanol–water partition coefficient (Wildman–Crippen LogP) is 3.78. The number of anilines is 1. The number of benzene rings is 2. The molecule has 2 aromatic carbocycles. The van der Waals surface area contributed by atoms with E-state index < -0.39 is 11.6 Å². The summed E-state index contributed by atoms with van der Waals surface area (Å²) in [7, 11) is 0. The number of nitrogens with two attached hydrogens (primary N) is 1. The van der Waals surface area contributed by atoms with E-state index in [-0.39, 0.29) is 12.2 Å². The first-order chi connectivity index (χ1) is 8.56. The first kappa shape index (κ1) is 12.6. The SMILES string of the molecule is Nc1ccc(Cl)cc1OCc1ccc(F)cc1F. The summed E-state index contributed by atoms with van der Waals surface area (Å²) in [6, 6.07) is 8.06. The Labute approximate surface area is 108 Å². The molecule has 0 radical (unpaired) electrons. The summed E-state index contributed by atoms with van der Waals surface area (Å²) < 4.78 is 31.4. The molecule has 0 fully saturated rings. The van der Waals surface area contributed by atoms with Crippen molar-refractivity contribution in [2.75, 3.05) is 5.73 Å². The quantitative estimate of drug-likeness (QED) is 0.861. The summed E-state index contributed by atoms with van der Waals surface area (Å²) in [5.41, 5.74) is 6.33. The molecular formula is C13H10ClF2NO. The van der Waals surface area contributed by atoms with Gasteiger partial charge in [0.2, 0.25) is 0 Å². The molecule has 0 aromatic heterocycles. The van der Waals surface area contributed by atoms with Crippen LogP contribution in [-0.4, -0.2) is 0 Å². The molecule has 2 aromatic rings. The highest BCUT2D eigenvalue weighted by Gasteiger charge is 2.06. The molecule has 0 unspecified atom stereocenters. The van der Waals surface area contributed by atoms with Gasteiger partial charge < -0.3 is 10.5 Å². The zero-order chi connectivity index (χ0) is 13.1. The molecule has 0 aliphatic rings. The van der Waals surface area contributed by atoms with Gasteiger partial charge in [-0.3, -0.25) is 0 Å². The fraction of sp³-hybridized carbons (Fsp3) is 0.0769. The molecule has 0 saturated heterocycles. The predicted molar refractivity (Wildman–Crippen MR) is 66.6 cm³/mol. The van der Waals surface area contributed by atoms with E-state index in [1.165, 1.54) is 18.2 Å². The van der Waals surface area contributed by atoms with Crippen molar-refractivity contribution in [1.82, 2.24) is 0 Å². The van der Waals surface area contributed by atoms with Gasteiger partial charge in [-0.25, -0.2) is 8.78 Å². The van der Waals surface area contributed by atoms with Crippen molar-refractivity contribution in [2.24, 2.45) is 0 Å². The van der Waals surface area contributed by atoms with Crippen LogP contribution in [-0.2, 0) is 6.61 Å². The second-order valence-electron chi connectivity index (χ2n) is 3.71. The van der Waals surface area contributed by atoms with Crippen LogP contribution in [0.1, 0.15) is 5.56 Å². The minimum atomic E-state index is -0.657. The highest BCUT2D eigenvalue weighted by Crippen LogP contribution is 2.26. The van der Waals surface area contributed by atoms with Gasteiger partial charge >= 0.3 is 0 Å². The van der Waals surface area contributed by atoms with Gasteiger partial charge in [-0.2, -0.15) is 0 Å². The monoisotopic (exact) mass is 269 g/mol. The summed E-state index contributed by atoms with van der Waals surface area (Å²) in [5.74, 6) is -0.916. The molecule has 0 aliphatic heterocycles. The largest absolute Gasteiger partial charge is 0.487 e. The van der Waals surface area contributed by atoms with Gasteiger partial charge in [0.05, 0.1) is 5.69 Å². The van der Waals surface area contributed by atoms with Crippen molar-refractivity contribution in [3.63, 3.8) is 0 Å². The molecule has 0 spiro atoms. The van der Waals surface area contributed by atoms with Crippen LogP contribution < -0.4 is 10.5 Å². The molecule has 0 heterocycles. The van der Waals surface area contributed by atoms with Crippen LogP contribution in [0.5, 0.6) is 5.75 Å². The number of hydrogen-bond acceptors (Lipinski definition) is 2. The van der Waals surface area contributed by atoms with Gasteiger partial charge in [-0.15, -0.1) is 0 Å². The van der Waals surface area contributed by atoms with Gasteiger partial charge in [0, 0.05) is 22.7 Å². The minimum Gasteiger partial charge on any atom is -0.487 e. The van der Waals surface area contributed by atoms with E-state index in [9.17, 15) is 8.78 Å².